The molecule has 0 spiro atoms. The first-order chi connectivity index (χ1) is 17.1. The molecule has 9 heteroatoms. The number of rotatable bonds is 8. The summed E-state index contributed by atoms with van der Waals surface area (Å²) in [7, 11) is 1.64. The van der Waals surface area contributed by atoms with Gasteiger partial charge in [-0.2, -0.15) is 9.36 Å². The van der Waals surface area contributed by atoms with Gasteiger partial charge in [0, 0.05) is 30.1 Å². The van der Waals surface area contributed by atoms with E-state index < -0.39 is 0 Å². The van der Waals surface area contributed by atoms with E-state index in [1.165, 1.54) is 11.5 Å². The van der Waals surface area contributed by atoms with E-state index in [1.807, 2.05) is 55.5 Å². The molecule has 1 amide bonds. The molecule has 0 aliphatic carbocycles. The van der Waals surface area contributed by atoms with Crippen molar-refractivity contribution in [3.05, 3.63) is 88.7 Å². The molecule has 2 heterocycles. The molecular weight excluding hydrogens is 466 g/mol. The highest BCUT2D eigenvalue weighted by atomic mass is 32.1. The SMILES string of the molecule is COc1cccc(Cc2nsc(Oc3cc(C(=O)NCc4ccc5c(c4)OCO5)ccc3C)n2)c1. The molecule has 0 fully saturated rings. The number of fused-ring (bicyclic) bond motifs is 1. The minimum Gasteiger partial charge on any atom is -0.497 e. The summed E-state index contributed by atoms with van der Waals surface area (Å²) in [5, 5.41) is 3.35. The number of ether oxygens (including phenoxy) is 4. The largest absolute Gasteiger partial charge is 0.497 e. The van der Waals surface area contributed by atoms with Crippen molar-refractivity contribution < 1.29 is 23.7 Å². The van der Waals surface area contributed by atoms with Gasteiger partial charge in [-0.05, 0) is 60.0 Å². The van der Waals surface area contributed by atoms with Gasteiger partial charge < -0.3 is 24.3 Å². The van der Waals surface area contributed by atoms with Crippen LogP contribution >= 0.6 is 11.5 Å². The number of aromatic nitrogens is 2. The first kappa shape index (κ1) is 22.7. The average Bonchev–Trinajstić information content (AvgIpc) is 3.53. The van der Waals surface area contributed by atoms with Crippen LogP contribution in [0.3, 0.4) is 0 Å². The molecule has 0 radical (unpaired) electrons. The summed E-state index contributed by atoms with van der Waals surface area (Å²) in [6.07, 6.45) is 0.568. The van der Waals surface area contributed by atoms with E-state index >= 15 is 0 Å². The van der Waals surface area contributed by atoms with Gasteiger partial charge in [0.2, 0.25) is 6.79 Å². The highest BCUT2D eigenvalue weighted by Crippen LogP contribution is 2.32. The summed E-state index contributed by atoms with van der Waals surface area (Å²) in [5.74, 6) is 3.20. The third-order valence-electron chi connectivity index (χ3n) is 5.48. The second kappa shape index (κ2) is 10.0. The van der Waals surface area contributed by atoms with Gasteiger partial charge in [-0.1, -0.05) is 24.3 Å². The van der Waals surface area contributed by atoms with E-state index in [0.29, 0.717) is 46.8 Å². The van der Waals surface area contributed by atoms with Crippen LogP contribution in [0.15, 0.2) is 60.7 Å². The van der Waals surface area contributed by atoms with Gasteiger partial charge in [0.15, 0.2) is 17.3 Å². The van der Waals surface area contributed by atoms with Crippen LogP contribution in [0.1, 0.15) is 32.9 Å². The lowest BCUT2D eigenvalue weighted by molar-refractivity contribution is 0.0950. The molecule has 4 aromatic rings. The molecule has 178 valence electrons. The molecule has 5 rings (SSSR count). The number of amides is 1. The van der Waals surface area contributed by atoms with Crippen molar-refractivity contribution in [1.82, 2.24) is 14.7 Å². The van der Waals surface area contributed by atoms with Gasteiger partial charge in [0.25, 0.3) is 11.1 Å². The summed E-state index contributed by atoms with van der Waals surface area (Å²) >= 11 is 1.18. The molecule has 0 unspecified atom stereocenters. The van der Waals surface area contributed by atoms with E-state index in [9.17, 15) is 4.79 Å². The van der Waals surface area contributed by atoms with Crippen molar-refractivity contribution in [2.45, 2.75) is 19.9 Å². The summed E-state index contributed by atoms with van der Waals surface area (Å²) in [6, 6.07) is 18.7. The first-order valence-corrected chi connectivity index (χ1v) is 11.8. The number of carbonyl (C=O) groups excluding carboxylic acids is 1. The maximum Gasteiger partial charge on any atom is 0.298 e. The highest BCUT2D eigenvalue weighted by molar-refractivity contribution is 7.07. The minimum absolute atomic E-state index is 0.205. The Bertz CT molecular complexity index is 1370. The lowest BCUT2D eigenvalue weighted by Gasteiger charge is -2.10. The molecular formula is C26H23N3O5S. The van der Waals surface area contributed by atoms with Crippen LogP contribution < -0.4 is 24.3 Å². The smallest absolute Gasteiger partial charge is 0.298 e. The number of nitrogens with zero attached hydrogens (tertiary/aromatic N) is 2. The number of aryl methyl sites for hydroxylation is 1. The third-order valence-corrected chi connectivity index (χ3v) is 6.12. The summed E-state index contributed by atoms with van der Waals surface area (Å²) < 4.78 is 26.4. The Hall–Kier alpha value is -4.11. The number of benzene rings is 3. The Kier molecular flexibility index (Phi) is 6.49. The monoisotopic (exact) mass is 489 g/mol. The molecule has 0 bridgehead atoms. The van der Waals surface area contributed by atoms with Gasteiger partial charge in [0.1, 0.15) is 11.5 Å². The van der Waals surface area contributed by atoms with Crippen molar-refractivity contribution in [2.24, 2.45) is 0 Å². The number of carbonyl (C=O) groups is 1. The Balaban J connectivity index is 1.23. The molecule has 35 heavy (non-hydrogen) atoms. The normalized spacial score (nSPS) is 11.8. The molecule has 8 nitrogen and oxygen atoms in total. The topological polar surface area (TPSA) is 91.8 Å². The van der Waals surface area contributed by atoms with Gasteiger partial charge >= 0.3 is 0 Å². The Morgan fingerprint density at radius 2 is 1.94 bits per heavy atom. The van der Waals surface area contributed by atoms with Gasteiger partial charge in [-0.3, -0.25) is 4.79 Å². The van der Waals surface area contributed by atoms with Gasteiger partial charge in [0.05, 0.1) is 7.11 Å². The van der Waals surface area contributed by atoms with Crippen molar-refractivity contribution in [3.8, 4) is 28.2 Å². The fourth-order valence-electron chi connectivity index (χ4n) is 3.60. The van der Waals surface area contributed by atoms with Crippen molar-refractivity contribution in [2.75, 3.05) is 13.9 Å². The number of hydrogen-bond acceptors (Lipinski definition) is 8. The zero-order chi connectivity index (χ0) is 24.2. The summed E-state index contributed by atoms with van der Waals surface area (Å²) in [4.78, 5) is 17.3. The number of hydrogen-bond donors (Lipinski definition) is 1. The second-order valence-electron chi connectivity index (χ2n) is 7.96. The van der Waals surface area contributed by atoms with E-state index in [0.717, 1.165) is 22.4 Å². The molecule has 0 atom stereocenters. The van der Waals surface area contributed by atoms with Crippen LogP contribution in [-0.2, 0) is 13.0 Å². The lowest BCUT2D eigenvalue weighted by atomic mass is 10.1. The summed E-state index contributed by atoms with van der Waals surface area (Å²) in [6.45, 7) is 2.50. The Morgan fingerprint density at radius 3 is 2.83 bits per heavy atom. The van der Waals surface area contributed by atoms with Crippen LogP contribution in [0.2, 0.25) is 0 Å². The van der Waals surface area contributed by atoms with Crippen LogP contribution in [0.4, 0.5) is 0 Å². The molecule has 0 saturated heterocycles. The fraction of sp³-hybridized carbons (Fsp3) is 0.192. The molecule has 1 aliphatic rings. The highest BCUT2D eigenvalue weighted by Gasteiger charge is 2.15. The zero-order valence-corrected chi connectivity index (χ0v) is 20.1. The van der Waals surface area contributed by atoms with Crippen LogP contribution in [0.5, 0.6) is 28.2 Å². The van der Waals surface area contributed by atoms with E-state index in [2.05, 4.69) is 14.7 Å². The fourth-order valence-corrected chi connectivity index (χ4v) is 4.16. The predicted octanol–water partition coefficient (Wildman–Crippen LogP) is 4.90. The van der Waals surface area contributed by atoms with Crippen molar-refractivity contribution in [3.63, 3.8) is 0 Å². The predicted molar refractivity (Wildman–Crippen MR) is 131 cm³/mol. The first-order valence-electron chi connectivity index (χ1n) is 11.0. The molecule has 1 N–H and O–H groups in total. The van der Waals surface area contributed by atoms with Crippen LogP contribution in [-0.4, -0.2) is 29.2 Å². The second-order valence-corrected chi connectivity index (χ2v) is 8.67. The zero-order valence-electron chi connectivity index (χ0n) is 19.2. The van der Waals surface area contributed by atoms with E-state index in [-0.39, 0.29) is 12.7 Å². The lowest BCUT2D eigenvalue weighted by Crippen LogP contribution is -2.22. The Labute approximate surface area is 206 Å². The van der Waals surface area contributed by atoms with E-state index in [4.69, 9.17) is 18.9 Å². The molecule has 1 aromatic heterocycles. The molecule has 0 saturated carbocycles. The number of nitrogens with one attached hydrogen (secondary N) is 1. The van der Waals surface area contributed by atoms with Gasteiger partial charge in [-0.25, -0.2) is 0 Å². The maximum atomic E-state index is 12.8. The molecule has 1 aliphatic heterocycles. The van der Waals surface area contributed by atoms with Crippen LogP contribution in [0.25, 0.3) is 0 Å². The average molecular weight is 490 g/mol. The molecule has 3 aromatic carbocycles. The third kappa shape index (κ3) is 5.36. The Morgan fingerprint density at radius 1 is 1.06 bits per heavy atom. The minimum atomic E-state index is -0.205. The number of methoxy groups -OCH3 is 1. The standard InChI is InChI=1S/C26H23N3O5S/c1-16-6-8-19(25(30)27-14-18-7-9-21-23(11-18)33-15-32-21)13-22(16)34-26-28-24(29-35-26)12-17-4-3-5-20(10-17)31-2/h3-11,13H,12,14-15H2,1-2H3,(H,27,30). The summed E-state index contributed by atoms with van der Waals surface area (Å²) in [5.41, 5.74) is 3.35. The quantitative estimate of drug-likeness (QED) is 0.376. The van der Waals surface area contributed by atoms with Crippen LogP contribution in [0, 0.1) is 6.92 Å². The van der Waals surface area contributed by atoms with E-state index in [1.54, 1.807) is 19.2 Å². The van der Waals surface area contributed by atoms with Crippen molar-refractivity contribution in [1.29, 1.82) is 0 Å². The van der Waals surface area contributed by atoms with Gasteiger partial charge in [-0.15, -0.1) is 0 Å². The van der Waals surface area contributed by atoms with Crippen molar-refractivity contribution >= 4 is 17.4 Å². The maximum absolute atomic E-state index is 12.8.